The van der Waals surface area contributed by atoms with Crippen molar-refractivity contribution in [3.8, 4) is 11.6 Å². The SMILES string of the molecule is Nc1ccc2c(Oc3cccc(F)c3)ncnc2c1. The monoisotopic (exact) mass is 255 g/mol. The third-order valence-electron chi connectivity index (χ3n) is 2.63. The molecular weight excluding hydrogens is 245 g/mol. The Morgan fingerprint density at radius 1 is 1.05 bits per heavy atom. The van der Waals surface area contributed by atoms with Crippen LogP contribution in [0.15, 0.2) is 48.8 Å². The average molecular weight is 255 g/mol. The van der Waals surface area contributed by atoms with Gasteiger partial charge < -0.3 is 10.5 Å². The second-order valence-electron chi connectivity index (χ2n) is 4.01. The van der Waals surface area contributed by atoms with Gasteiger partial charge in [-0.2, -0.15) is 0 Å². The average Bonchev–Trinajstić information content (AvgIpc) is 2.38. The number of rotatable bonds is 2. The van der Waals surface area contributed by atoms with Gasteiger partial charge in [0.15, 0.2) is 0 Å². The van der Waals surface area contributed by atoms with Gasteiger partial charge in [-0.1, -0.05) is 6.07 Å². The lowest BCUT2D eigenvalue weighted by Gasteiger charge is -2.07. The predicted octanol–water partition coefficient (Wildman–Crippen LogP) is 3.14. The number of ether oxygens (including phenoxy) is 1. The minimum absolute atomic E-state index is 0.361. The quantitative estimate of drug-likeness (QED) is 0.714. The molecule has 0 aliphatic carbocycles. The standard InChI is InChI=1S/C14H10FN3O/c15-9-2-1-3-11(6-9)19-14-12-5-4-10(16)7-13(12)17-8-18-14/h1-8H,16H2. The smallest absolute Gasteiger partial charge is 0.230 e. The number of fused-ring (bicyclic) bond motifs is 1. The topological polar surface area (TPSA) is 61.0 Å². The molecule has 0 atom stereocenters. The highest BCUT2D eigenvalue weighted by Gasteiger charge is 2.06. The molecule has 0 aliphatic heterocycles. The number of halogens is 1. The van der Waals surface area contributed by atoms with Crippen LogP contribution in [-0.2, 0) is 0 Å². The first-order chi connectivity index (χ1) is 9.22. The van der Waals surface area contributed by atoms with Gasteiger partial charge in [0, 0.05) is 11.8 Å². The molecule has 2 N–H and O–H groups in total. The molecule has 0 spiro atoms. The molecule has 3 rings (SSSR count). The van der Waals surface area contributed by atoms with E-state index in [0.29, 0.717) is 22.8 Å². The molecule has 0 fully saturated rings. The van der Waals surface area contributed by atoms with Crippen molar-refractivity contribution in [1.82, 2.24) is 9.97 Å². The van der Waals surface area contributed by atoms with E-state index < -0.39 is 0 Å². The number of benzene rings is 2. The zero-order valence-electron chi connectivity index (χ0n) is 9.88. The molecule has 0 radical (unpaired) electrons. The van der Waals surface area contributed by atoms with Crippen molar-refractivity contribution in [2.75, 3.05) is 5.73 Å². The van der Waals surface area contributed by atoms with E-state index >= 15 is 0 Å². The minimum atomic E-state index is -0.361. The van der Waals surface area contributed by atoms with E-state index in [1.807, 2.05) is 0 Å². The number of nitrogens with zero attached hydrogens (tertiary/aromatic N) is 2. The molecule has 0 amide bonds. The van der Waals surface area contributed by atoms with Gasteiger partial charge >= 0.3 is 0 Å². The van der Waals surface area contributed by atoms with Gasteiger partial charge in [0.2, 0.25) is 5.88 Å². The number of nitrogen functional groups attached to an aromatic ring is 1. The van der Waals surface area contributed by atoms with E-state index in [-0.39, 0.29) is 5.82 Å². The lowest BCUT2D eigenvalue weighted by molar-refractivity contribution is 0.463. The van der Waals surface area contributed by atoms with Crippen molar-refractivity contribution >= 4 is 16.6 Å². The molecule has 1 heterocycles. The fourth-order valence-electron chi connectivity index (χ4n) is 1.77. The Morgan fingerprint density at radius 2 is 1.95 bits per heavy atom. The van der Waals surface area contributed by atoms with Crippen LogP contribution in [0.2, 0.25) is 0 Å². The molecule has 3 aromatic rings. The Hall–Kier alpha value is -2.69. The van der Waals surface area contributed by atoms with Gasteiger partial charge in [0.1, 0.15) is 17.9 Å². The Bertz CT molecular complexity index is 746. The van der Waals surface area contributed by atoms with Crippen molar-refractivity contribution < 1.29 is 9.13 Å². The lowest BCUT2D eigenvalue weighted by Crippen LogP contribution is -1.93. The van der Waals surface area contributed by atoms with E-state index in [1.165, 1.54) is 18.5 Å². The van der Waals surface area contributed by atoms with Crippen LogP contribution in [0.4, 0.5) is 10.1 Å². The molecular formula is C14H10FN3O. The fourth-order valence-corrected chi connectivity index (χ4v) is 1.77. The van der Waals surface area contributed by atoms with Gasteiger partial charge in [-0.15, -0.1) is 0 Å². The maximum absolute atomic E-state index is 13.1. The summed E-state index contributed by atoms with van der Waals surface area (Å²) in [5.41, 5.74) is 6.99. The van der Waals surface area contributed by atoms with Crippen LogP contribution in [0.1, 0.15) is 0 Å². The van der Waals surface area contributed by atoms with Gasteiger partial charge in [-0.25, -0.2) is 14.4 Å². The summed E-state index contributed by atoms with van der Waals surface area (Å²) in [5, 5.41) is 0.723. The number of hydrogen-bond donors (Lipinski definition) is 1. The van der Waals surface area contributed by atoms with E-state index in [9.17, 15) is 4.39 Å². The van der Waals surface area contributed by atoms with E-state index in [4.69, 9.17) is 10.5 Å². The van der Waals surface area contributed by atoms with Crippen molar-refractivity contribution in [3.05, 3.63) is 54.6 Å². The third-order valence-corrected chi connectivity index (χ3v) is 2.63. The third kappa shape index (κ3) is 2.30. The van der Waals surface area contributed by atoms with Crippen LogP contribution < -0.4 is 10.5 Å². The minimum Gasteiger partial charge on any atom is -0.438 e. The Kier molecular flexibility index (Phi) is 2.72. The van der Waals surface area contributed by atoms with Crippen molar-refractivity contribution in [1.29, 1.82) is 0 Å². The van der Waals surface area contributed by atoms with Crippen molar-refractivity contribution in [2.24, 2.45) is 0 Å². The first-order valence-electron chi connectivity index (χ1n) is 5.66. The predicted molar refractivity (Wildman–Crippen MR) is 70.4 cm³/mol. The number of hydrogen-bond acceptors (Lipinski definition) is 4. The lowest BCUT2D eigenvalue weighted by atomic mass is 10.2. The summed E-state index contributed by atoms with van der Waals surface area (Å²) in [5.74, 6) is 0.396. The zero-order valence-corrected chi connectivity index (χ0v) is 9.88. The molecule has 94 valence electrons. The molecule has 19 heavy (non-hydrogen) atoms. The summed E-state index contributed by atoms with van der Waals surface area (Å²) in [7, 11) is 0. The van der Waals surface area contributed by atoms with Crippen LogP contribution in [-0.4, -0.2) is 9.97 Å². The zero-order chi connectivity index (χ0) is 13.2. The summed E-state index contributed by atoms with van der Waals surface area (Å²) in [4.78, 5) is 8.18. The maximum Gasteiger partial charge on any atom is 0.230 e. The molecule has 0 bridgehead atoms. The normalized spacial score (nSPS) is 10.6. The first kappa shape index (κ1) is 11.4. The molecule has 4 nitrogen and oxygen atoms in total. The fraction of sp³-hybridized carbons (Fsp3) is 0. The van der Waals surface area contributed by atoms with Gasteiger partial charge in [0.05, 0.1) is 10.9 Å². The summed E-state index contributed by atoms with van der Waals surface area (Å²) in [6.07, 6.45) is 1.39. The van der Waals surface area contributed by atoms with E-state index in [2.05, 4.69) is 9.97 Å². The molecule has 0 saturated carbocycles. The molecule has 5 heteroatoms. The Labute approximate surface area is 108 Å². The molecule has 0 unspecified atom stereocenters. The highest BCUT2D eigenvalue weighted by atomic mass is 19.1. The second kappa shape index (κ2) is 4.53. The van der Waals surface area contributed by atoms with Crippen LogP contribution in [0.25, 0.3) is 10.9 Å². The second-order valence-corrected chi connectivity index (χ2v) is 4.01. The van der Waals surface area contributed by atoms with Crippen LogP contribution in [0.3, 0.4) is 0 Å². The Balaban J connectivity index is 2.06. The maximum atomic E-state index is 13.1. The van der Waals surface area contributed by atoms with Crippen LogP contribution in [0.5, 0.6) is 11.6 Å². The van der Waals surface area contributed by atoms with Crippen molar-refractivity contribution in [2.45, 2.75) is 0 Å². The Morgan fingerprint density at radius 3 is 2.79 bits per heavy atom. The highest BCUT2D eigenvalue weighted by molar-refractivity contribution is 5.85. The van der Waals surface area contributed by atoms with E-state index in [1.54, 1.807) is 30.3 Å². The number of aromatic nitrogens is 2. The number of anilines is 1. The van der Waals surface area contributed by atoms with E-state index in [0.717, 1.165) is 5.39 Å². The molecule has 2 aromatic carbocycles. The highest BCUT2D eigenvalue weighted by Crippen LogP contribution is 2.27. The largest absolute Gasteiger partial charge is 0.438 e. The molecule has 0 saturated heterocycles. The van der Waals surface area contributed by atoms with Gasteiger partial charge in [0.25, 0.3) is 0 Å². The first-order valence-corrected chi connectivity index (χ1v) is 5.66. The molecule has 1 aromatic heterocycles. The summed E-state index contributed by atoms with van der Waals surface area (Å²) in [6.45, 7) is 0. The molecule has 0 aliphatic rings. The van der Waals surface area contributed by atoms with Gasteiger partial charge in [-0.3, -0.25) is 0 Å². The number of nitrogens with two attached hydrogens (primary N) is 1. The summed E-state index contributed by atoms with van der Waals surface area (Å²) < 4.78 is 18.7. The summed E-state index contributed by atoms with van der Waals surface area (Å²) >= 11 is 0. The summed E-state index contributed by atoms with van der Waals surface area (Å²) in [6, 6.07) is 11.1. The van der Waals surface area contributed by atoms with Crippen molar-refractivity contribution in [3.63, 3.8) is 0 Å². The van der Waals surface area contributed by atoms with Crippen LogP contribution >= 0.6 is 0 Å². The van der Waals surface area contributed by atoms with Gasteiger partial charge in [-0.05, 0) is 30.3 Å². The van der Waals surface area contributed by atoms with Crippen LogP contribution in [0, 0.1) is 5.82 Å².